The molecule has 1 aliphatic rings. The second-order valence-electron chi connectivity index (χ2n) is 4.71. The van der Waals surface area contributed by atoms with E-state index in [1.165, 1.54) is 5.75 Å². The number of aromatic nitrogens is 1. The molecule has 2 heterocycles. The lowest BCUT2D eigenvalue weighted by molar-refractivity contribution is 0.0696. The van der Waals surface area contributed by atoms with Gasteiger partial charge in [0.05, 0.1) is 5.56 Å². The Morgan fingerprint density at radius 2 is 2.26 bits per heavy atom. The topological polar surface area (TPSA) is 53.4 Å². The molecule has 104 valence electrons. The molecule has 1 aromatic heterocycles. The van der Waals surface area contributed by atoms with E-state index in [0.29, 0.717) is 5.56 Å². The van der Waals surface area contributed by atoms with Crippen molar-refractivity contribution in [1.29, 1.82) is 0 Å². The van der Waals surface area contributed by atoms with E-state index in [-0.39, 0.29) is 0 Å². The molecule has 0 unspecified atom stereocenters. The van der Waals surface area contributed by atoms with Gasteiger partial charge in [0.1, 0.15) is 5.82 Å². The fourth-order valence-corrected chi connectivity index (χ4v) is 3.10. The van der Waals surface area contributed by atoms with E-state index < -0.39 is 5.97 Å². The number of nitrogens with zero attached hydrogens (tertiary/aromatic N) is 2. The highest BCUT2D eigenvalue weighted by Crippen LogP contribution is 2.20. The number of hydrogen-bond acceptors (Lipinski definition) is 4. The molecule has 2 rings (SSSR count). The summed E-state index contributed by atoms with van der Waals surface area (Å²) in [7, 11) is 0. The van der Waals surface area contributed by atoms with Gasteiger partial charge in [-0.1, -0.05) is 13.3 Å². The number of thioether (sulfide) groups is 1. The SMILES string of the molecule is CCCc1cc(C(=O)O)cc(N2CCCSCC2)n1. The summed E-state index contributed by atoms with van der Waals surface area (Å²) in [5.41, 5.74) is 1.24. The third kappa shape index (κ3) is 3.86. The molecule has 0 amide bonds. The third-order valence-electron chi connectivity index (χ3n) is 3.16. The second-order valence-corrected chi connectivity index (χ2v) is 5.94. The zero-order valence-electron chi connectivity index (χ0n) is 11.3. The molecule has 0 atom stereocenters. The number of aromatic carboxylic acids is 1. The van der Waals surface area contributed by atoms with Crippen LogP contribution in [0, 0.1) is 0 Å². The van der Waals surface area contributed by atoms with Crippen LogP contribution in [0.1, 0.15) is 35.8 Å². The zero-order chi connectivity index (χ0) is 13.7. The molecular formula is C14H20N2O2S. The molecule has 0 spiro atoms. The van der Waals surface area contributed by atoms with E-state index in [0.717, 1.165) is 49.6 Å². The van der Waals surface area contributed by atoms with Crippen LogP contribution < -0.4 is 4.90 Å². The van der Waals surface area contributed by atoms with Crippen molar-refractivity contribution in [2.45, 2.75) is 26.2 Å². The molecule has 1 saturated heterocycles. The van der Waals surface area contributed by atoms with Gasteiger partial charge in [-0.15, -0.1) is 0 Å². The normalized spacial score (nSPS) is 16.2. The molecule has 0 aromatic carbocycles. The van der Waals surface area contributed by atoms with Gasteiger partial charge >= 0.3 is 5.97 Å². The summed E-state index contributed by atoms with van der Waals surface area (Å²) < 4.78 is 0. The summed E-state index contributed by atoms with van der Waals surface area (Å²) in [5, 5.41) is 9.21. The third-order valence-corrected chi connectivity index (χ3v) is 4.21. The molecule has 0 aliphatic carbocycles. The van der Waals surface area contributed by atoms with Gasteiger partial charge in [-0.3, -0.25) is 0 Å². The number of carbonyl (C=O) groups is 1. The van der Waals surface area contributed by atoms with Crippen molar-refractivity contribution in [1.82, 2.24) is 4.98 Å². The Kier molecular flexibility index (Phi) is 5.07. The quantitative estimate of drug-likeness (QED) is 0.919. The molecule has 1 N–H and O–H groups in total. The standard InChI is InChI=1S/C14H20N2O2S/c1-2-4-12-9-11(14(17)18)10-13(15-12)16-5-3-7-19-8-6-16/h9-10H,2-8H2,1H3,(H,17,18). The minimum atomic E-state index is -0.870. The van der Waals surface area contributed by atoms with Crippen molar-refractivity contribution in [2.24, 2.45) is 0 Å². The number of rotatable bonds is 4. The summed E-state index contributed by atoms with van der Waals surface area (Å²) in [6.45, 7) is 4.00. The average molecular weight is 280 g/mol. The van der Waals surface area contributed by atoms with E-state index in [4.69, 9.17) is 0 Å². The summed E-state index contributed by atoms with van der Waals surface area (Å²) in [6, 6.07) is 3.40. The van der Waals surface area contributed by atoms with E-state index in [1.807, 2.05) is 11.8 Å². The maximum absolute atomic E-state index is 11.2. The van der Waals surface area contributed by atoms with Gasteiger partial charge in [-0.25, -0.2) is 9.78 Å². The highest BCUT2D eigenvalue weighted by molar-refractivity contribution is 7.99. The molecule has 1 aliphatic heterocycles. The zero-order valence-corrected chi connectivity index (χ0v) is 12.1. The van der Waals surface area contributed by atoms with Gasteiger partial charge in [0.2, 0.25) is 0 Å². The number of hydrogen-bond donors (Lipinski definition) is 1. The highest BCUT2D eigenvalue weighted by atomic mass is 32.2. The minimum Gasteiger partial charge on any atom is -0.478 e. The first-order valence-electron chi connectivity index (χ1n) is 6.77. The maximum Gasteiger partial charge on any atom is 0.335 e. The molecule has 0 bridgehead atoms. The van der Waals surface area contributed by atoms with Gasteiger partial charge in [-0.2, -0.15) is 11.8 Å². The van der Waals surface area contributed by atoms with Gasteiger partial charge in [-0.05, 0) is 30.7 Å². The lowest BCUT2D eigenvalue weighted by atomic mass is 10.1. The van der Waals surface area contributed by atoms with Crippen molar-refractivity contribution in [3.8, 4) is 0 Å². The summed E-state index contributed by atoms with van der Waals surface area (Å²) in [6.07, 6.45) is 2.94. The van der Waals surface area contributed by atoms with Crippen LogP contribution in [0.5, 0.6) is 0 Å². The number of carboxylic acids is 1. The lowest BCUT2D eigenvalue weighted by Gasteiger charge is -2.22. The Hall–Kier alpha value is -1.23. The second kappa shape index (κ2) is 6.80. The first-order chi connectivity index (χ1) is 9.20. The van der Waals surface area contributed by atoms with Crippen LogP contribution in [-0.4, -0.2) is 40.7 Å². The molecule has 19 heavy (non-hydrogen) atoms. The molecule has 0 radical (unpaired) electrons. The van der Waals surface area contributed by atoms with Gasteiger partial charge in [0.25, 0.3) is 0 Å². The van der Waals surface area contributed by atoms with Gasteiger partial charge in [0, 0.05) is 24.5 Å². The van der Waals surface area contributed by atoms with Crippen LogP contribution in [0.25, 0.3) is 0 Å². The van der Waals surface area contributed by atoms with Crippen molar-refractivity contribution in [3.05, 3.63) is 23.4 Å². The van der Waals surface area contributed by atoms with E-state index in [1.54, 1.807) is 12.1 Å². The summed E-state index contributed by atoms with van der Waals surface area (Å²) in [4.78, 5) is 18.0. The van der Waals surface area contributed by atoms with Crippen LogP contribution in [0.2, 0.25) is 0 Å². The van der Waals surface area contributed by atoms with Crippen LogP contribution in [0.15, 0.2) is 12.1 Å². The smallest absolute Gasteiger partial charge is 0.335 e. The summed E-state index contributed by atoms with van der Waals surface area (Å²) >= 11 is 1.95. The highest BCUT2D eigenvalue weighted by Gasteiger charge is 2.15. The number of anilines is 1. The van der Waals surface area contributed by atoms with Crippen molar-refractivity contribution < 1.29 is 9.90 Å². The fraction of sp³-hybridized carbons (Fsp3) is 0.571. The molecule has 1 fully saturated rings. The maximum atomic E-state index is 11.2. The van der Waals surface area contributed by atoms with Gasteiger partial charge in [0.15, 0.2) is 0 Å². The van der Waals surface area contributed by atoms with Crippen LogP contribution >= 0.6 is 11.8 Å². The molecule has 5 heteroatoms. The average Bonchev–Trinajstić information content (AvgIpc) is 2.67. The molecule has 0 saturated carbocycles. The first kappa shape index (κ1) is 14.2. The Bertz CT molecular complexity index is 443. The van der Waals surface area contributed by atoms with Crippen molar-refractivity contribution in [2.75, 3.05) is 29.5 Å². The number of pyridine rings is 1. The lowest BCUT2D eigenvalue weighted by Crippen LogP contribution is -2.27. The molecule has 1 aromatic rings. The number of aryl methyl sites for hydroxylation is 1. The van der Waals surface area contributed by atoms with Crippen LogP contribution in [0.3, 0.4) is 0 Å². The van der Waals surface area contributed by atoms with Crippen LogP contribution in [-0.2, 0) is 6.42 Å². The number of carboxylic acid groups (broad SMARTS) is 1. The summed E-state index contributed by atoms with van der Waals surface area (Å²) in [5.74, 6) is 2.22. The first-order valence-corrected chi connectivity index (χ1v) is 7.93. The largest absolute Gasteiger partial charge is 0.478 e. The Labute approximate surface area is 118 Å². The van der Waals surface area contributed by atoms with E-state index in [2.05, 4.69) is 16.8 Å². The van der Waals surface area contributed by atoms with Crippen molar-refractivity contribution in [3.63, 3.8) is 0 Å². The fourth-order valence-electron chi connectivity index (χ4n) is 2.22. The van der Waals surface area contributed by atoms with Crippen LogP contribution in [0.4, 0.5) is 5.82 Å². The Balaban J connectivity index is 2.28. The Morgan fingerprint density at radius 1 is 1.42 bits per heavy atom. The van der Waals surface area contributed by atoms with Crippen molar-refractivity contribution >= 4 is 23.5 Å². The Morgan fingerprint density at radius 3 is 3.00 bits per heavy atom. The predicted molar refractivity (Wildman–Crippen MR) is 79.3 cm³/mol. The van der Waals surface area contributed by atoms with E-state index in [9.17, 15) is 9.90 Å². The minimum absolute atomic E-state index is 0.352. The van der Waals surface area contributed by atoms with E-state index >= 15 is 0 Å². The van der Waals surface area contributed by atoms with Gasteiger partial charge < -0.3 is 10.0 Å². The molecular weight excluding hydrogens is 260 g/mol. The monoisotopic (exact) mass is 280 g/mol. The predicted octanol–water partition coefficient (Wildman–Crippen LogP) is 2.68. The molecule has 4 nitrogen and oxygen atoms in total.